The molecule has 0 amide bonds. The van der Waals surface area contributed by atoms with Gasteiger partial charge in [-0.15, -0.1) is 5.11 Å². The molecule has 0 aliphatic heterocycles. The molecule has 1 aromatic rings. The SMILES string of the molecule is CCN(CC)N=Nc1ccc(C(F)(F)F)cc1I. The van der Waals surface area contributed by atoms with Gasteiger partial charge >= 0.3 is 6.18 Å². The first-order valence-electron chi connectivity index (χ1n) is 5.41. The fraction of sp³-hybridized carbons (Fsp3) is 0.455. The van der Waals surface area contributed by atoms with Gasteiger partial charge in [0.15, 0.2) is 0 Å². The summed E-state index contributed by atoms with van der Waals surface area (Å²) in [5.74, 6) is 0. The van der Waals surface area contributed by atoms with Crippen LogP contribution < -0.4 is 0 Å². The van der Waals surface area contributed by atoms with Crippen LogP contribution in [0.25, 0.3) is 0 Å². The second-order valence-electron chi connectivity index (χ2n) is 3.49. The minimum absolute atomic E-state index is 0.429. The van der Waals surface area contributed by atoms with Crippen LogP contribution in [0.3, 0.4) is 0 Å². The van der Waals surface area contributed by atoms with Crippen LogP contribution in [0.4, 0.5) is 18.9 Å². The molecule has 0 bridgehead atoms. The lowest BCUT2D eigenvalue weighted by molar-refractivity contribution is -0.137. The van der Waals surface area contributed by atoms with E-state index >= 15 is 0 Å². The molecule has 0 N–H and O–H groups in total. The first kappa shape index (κ1) is 15.2. The van der Waals surface area contributed by atoms with Crippen LogP contribution in [0.5, 0.6) is 0 Å². The van der Waals surface area contributed by atoms with Crippen molar-refractivity contribution >= 4 is 28.3 Å². The molecule has 0 saturated heterocycles. The van der Waals surface area contributed by atoms with Crippen molar-refractivity contribution in [3.05, 3.63) is 27.3 Å². The zero-order chi connectivity index (χ0) is 13.8. The van der Waals surface area contributed by atoms with Gasteiger partial charge in [-0.05, 0) is 54.6 Å². The molecular weight excluding hydrogens is 358 g/mol. The molecule has 1 rings (SSSR count). The zero-order valence-corrected chi connectivity index (χ0v) is 12.2. The van der Waals surface area contributed by atoms with Gasteiger partial charge in [-0.2, -0.15) is 13.2 Å². The number of rotatable bonds is 4. The first-order chi connectivity index (χ1) is 8.38. The molecule has 0 radical (unpaired) electrons. The summed E-state index contributed by atoms with van der Waals surface area (Å²) >= 11 is 1.82. The topological polar surface area (TPSA) is 28.0 Å². The maximum atomic E-state index is 12.5. The molecule has 0 saturated carbocycles. The number of halogens is 4. The summed E-state index contributed by atoms with van der Waals surface area (Å²) in [4.78, 5) is 0. The van der Waals surface area contributed by atoms with Crippen molar-refractivity contribution in [2.24, 2.45) is 10.3 Å². The molecule has 0 aromatic heterocycles. The van der Waals surface area contributed by atoms with Crippen LogP contribution in [0.15, 0.2) is 28.5 Å². The average molecular weight is 371 g/mol. The van der Waals surface area contributed by atoms with Crippen LogP contribution in [0, 0.1) is 3.57 Å². The molecule has 0 atom stereocenters. The quantitative estimate of drug-likeness (QED) is 0.430. The van der Waals surface area contributed by atoms with Gasteiger partial charge in [-0.3, -0.25) is 5.01 Å². The van der Waals surface area contributed by atoms with Crippen LogP contribution >= 0.6 is 22.6 Å². The van der Waals surface area contributed by atoms with Crippen LogP contribution in [0.1, 0.15) is 19.4 Å². The van der Waals surface area contributed by atoms with Gasteiger partial charge in [-0.25, -0.2) is 0 Å². The minimum atomic E-state index is -4.32. The Balaban J connectivity index is 2.93. The van der Waals surface area contributed by atoms with Crippen LogP contribution in [-0.2, 0) is 6.18 Å². The molecule has 0 unspecified atom stereocenters. The number of benzene rings is 1. The zero-order valence-electron chi connectivity index (χ0n) is 10.00. The Morgan fingerprint density at radius 3 is 2.28 bits per heavy atom. The van der Waals surface area contributed by atoms with Crippen LogP contribution in [0.2, 0.25) is 0 Å². The van der Waals surface area contributed by atoms with E-state index in [2.05, 4.69) is 10.3 Å². The van der Waals surface area contributed by atoms with E-state index in [4.69, 9.17) is 0 Å². The second-order valence-corrected chi connectivity index (χ2v) is 4.65. The lowest BCUT2D eigenvalue weighted by atomic mass is 10.2. The third-order valence-electron chi connectivity index (χ3n) is 2.28. The van der Waals surface area contributed by atoms with Crippen molar-refractivity contribution < 1.29 is 13.2 Å². The van der Waals surface area contributed by atoms with Gasteiger partial charge in [0.2, 0.25) is 0 Å². The van der Waals surface area contributed by atoms with E-state index in [1.807, 2.05) is 36.4 Å². The molecule has 0 heterocycles. The molecule has 0 aliphatic rings. The standard InChI is InChI=1S/C11H13F3IN3/c1-3-18(4-2)17-16-10-6-5-8(7-9(10)15)11(12,13)14/h5-7H,3-4H2,1-2H3. The number of hydrogen-bond donors (Lipinski definition) is 0. The van der Waals surface area contributed by atoms with Gasteiger partial charge in [0.25, 0.3) is 0 Å². The molecule has 3 nitrogen and oxygen atoms in total. The average Bonchev–Trinajstić information content (AvgIpc) is 2.30. The number of hydrogen-bond acceptors (Lipinski definition) is 2. The summed E-state index contributed by atoms with van der Waals surface area (Å²) in [5, 5.41) is 9.62. The highest BCUT2D eigenvalue weighted by atomic mass is 127. The first-order valence-corrected chi connectivity index (χ1v) is 6.49. The maximum absolute atomic E-state index is 12.5. The highest BCUT2D eigenvalue weighted by molar-refractivity contribution is 14.1. The van der Waals surface area contributed by atoms with Gasteiger partial charge in [-0.1, -0.05) is 5.22 Å². The van der Waals surface area contributed by atoms with E-state index in [1.165, 1.54) is 6.07 Å². The molecule has 0 spiro atoms. The lowest BCUT2D eigenvalue weighted by Crippen LogP contribution is -2.14. The van der Waals surface area contributed by atoms with Gasteiger partial charge in [0.1, 0.15) is 5.69 Å². The fourth-order valence-corrected chi connectivity index (χ4v) is 1.85. The van der Waals surface area contributed by atoms with Gasteiger partial charge in [0.05, 0.1) is 5.56 Å². The monoisotopic (exact) mass is 371 g/mol. The Labute approximate surface area is 117 Å². The molecule has 0 aliphatic carbocycles. The Morgan fingerprint density at radius 2 is 1.83 bits per heavy atom. The third kappa shape index (κ3) is 4.11. The molecule has 18 heavy (non-hydrogen) atoms. The second kappa shape index (κ2) is 6.35. The van der Waals surface area contributed by atoms with E-state index in [0.717, 1.165) is 12.1 Å². The summed E-state index contributed by atoms with van der Waals surface area (Å²) in [6.07, 6.45) is -4.32. The van der Waals surface area contributed by atoms with Crippen molar-refractivity contribution in [1.82, 2.24) is 5.01 Å². The largest absolute Gasteiger partial charge is 0.416 e. The lowest BCUT2D eigenvalue weighted by Gasteiger charge is -2.12. The summed E-state index contributed by atoms with van der Waals surface area (Å²) < 4.78 is 37.8. The Kier molecular flexibility index (Phi) is 5.36. The smallest absolute Gasteiger partial charge is 0.279 e. The van der Waals surface area contributed by atoms with Crippen molar-refractivity contribution in [3.63, 3.8) is 0 Å². The van der Waals surface area contributed by atoms with E-state index < -0.39 is 11.7 Å². The summed E-state index contributed by atoms with van der Waals surface area (Å²) in [7, 11) is 0. The molecule has 100 valence electrons. The van der Waals surface area contributed by atoms with Crippen molar-refractivity contribution in [3.8, 4) is 0 Å². The van der Waals surface area contributed by atoms with Gasteiger partial charge < -0.3 is 0 Å². The van der Waals surface area contributed by atoms with E-state index in [9.17, 15) is 13.2 Å². The van der Waals surface area contributed by atoms with Crippen molar-refractivity contribution in [2.75, 3.05) is 13.1 Å². The molecule has 1 aromatic carbocycles. The van der Waals surface area contributed by atoms with E-state index in [0.29, 0.717) is 22.3 Å². The Bertz CT molecular complexity index is 428. The predicted molar refractivity (Wildman–Crippen MR) is 71.6 cm³/mol. The molecule has 7 heteroatoms. The highest BCUT2D eigenvalue weighted by Gasteiger charge is 2.30. The van der Waals surface area contributed by atoms with Gasteiger partial charge in [0, 0.05) is 16.7 Å². The van der Waals surface area contributed by atoms with Crippen molar-refractivity contribution in [2.45, 2.75) is 20.0 Å². The maximum Gasteiger partial charge on any atom is 0.416 e. The Morgan fingerprint density at radius 1 is 1.22 bits per heavy atom. The molecule has 0 fully saturated rings. The number of alkyl halides is 3. The summed E-state index contributed by atoms with van der Waals surface area (Å²) in [6, 6.07) is 3.41. The fourth-order valence-electron chi connectivity index (χ4n) is 1.23. The Hall–Kier alpha value is -0.860. The summed E-state index contributed by atoms with van der Waals surface area (Å²) in [5.41, 5.74) is -0.232. The predicted octanol–water partition coefficient (Wildman–Crippen LogP) is 4.65. The van der Waals surface area contributed by atoms with E-state index in [-0.39, 0.29) is 0 Å². The van der Waals surface area contributed by atoms with Crippen molar-refractivity contribution in [1.29, 1.82) is 0 Å². The molecular formula is C11H13F3IN3. The van der Waals surface area contributed by atoms with E-state index in [1.54, 1.807) is 5.01 Å². The third-order valence-corrected chi connectivity index (χ3v) is 3.15. The normalized spacial score (nSPS) is 12.1. The highest BCUT2D eigenvalue weighted by Crippen LogP contribution is 2.33. The number of nitrogens with zero attached hydrogens (tertiary/aromatic N) is 3. The van der Waals surface area contributed by atoms with Crippen LogP contribution in [-0.4, -0.2) is 18.1 Å². The summed E-state index contributed by atoms with van der Waals surface area (Å²) in [6.45, 7) is 5.27. The minimum Gasteiger partial charge on any atom is -0.279 e.